The van der Waals surface area contributed by atoms with E-state index in [4.69, 9.17) is 0 Å². The van der Waals surface area contributed by atoms with Crippen molar-refractivity contribution in [2.45, 2.75) is 39.0 Å². The SMILES string of the molecule is COC(=O)CCC1(C)CCCC1=O. The Morgan fingerprint density at radius 1 is 1.62 bits per heavy atom. The number of hydrogen-bond donors (Lipinski definition) is 0. The number of carbonyl (C=O) groups excluding carboxylic acids is 2. The third-order valence-corrected chi connectivity index (χ3v) is 2.91. The van der Waals surface area contributed by atoms with E-state index in [0.717, 1.165) is 12.8 Å². The van der Waals surface area contributed by atoms with Crippen molar-refractivity contribution in [2.24, 2.45) is 5.41 Å². The summed E-state index contributed by atoms with van der Waals surface area (Å²) in [6.45, 7) is 1.95. The molecule has 1 unspecified atom stereocenters. The molecule has 0 saturated heterocycles. The monoisotopic (exact) mass is 184 g/mol. The second-order valence-electron chi connectivity index (χ2n) is 3.91. The molecule has 1 rings (SSSR count). The fourth-order valence-electron chi connectivity index (χ4n) is 1.82. The summed E-state index contributed by atoms with van der Waals surface area (Å²) in [5.41, 5.74) is -0.256. The van der Waals surface area contributed by atoms with Crippen molar-refractivity contribution in [1.82, 2.24) is 0 Å². The first-order valence-corrected chi connectivity index (χ1v) is 4.68. The Hall–Kier alpha value is -0.860. The van der Waals surface area contributed by atoms with Gasteiger partial charge in [-0.1, -0.05) is 6.92 Å². The highest BCUT2D eigenvalue weighted by atomic mass is 16.5. The van der Waals surface area contributed by atoms with Gasteiger partial charge in [0.05, 0.1) is 7.11 Å². The maximum Gasteiger partial charge on any atom is 0.305 e. The van der Waals surface area contributed by atoms with Gasteiger partial charge in [-0.25, -0.2) is 0 Å². The van der Waals surface area contributed by atoms with E-state index in [1.165, 1.54) is 7.11 Å². The minimum Gasteiger partial charge on any atom is -0.469 e. The number of hydrogen-bond acceptors (Lipinski definition) is 3. The maximum atomic E-state index is 11.4. The summed E-state index contributed by atoms with van der Waals surface area (Å²) in [6, 6.07) is 0. The van der Waals surface area contributed by atoms with Gasteiger partial charge in [0, 0.05) is 18.3 Å². The van der Waals surface area contributed by atoms with Crippen LogP contribution in [0.15, 0.2) is 0 Å². The highest BCUT2D eigenvalue weighted by Crippen LogP contribution is 2.38. The molecule has 0 spiro atoms. The zero-order valence-electron chi connectivity index (χ0n) is 8.26. The zero-order chi connectivity index (χ0) is 9.90. The number of ketones is 1. The van der Waals surface area contributed by atoms with E-state index < -0.39 is 0 Å². The van der Waals surface area contributed by atoms with Gasteiger partial charge in [0.1, 0.15) is 5.78 Å². The molecule has 3 nitrogen and oxygen atoms in total. The van der Waals surface area contributed by atoms with E-state index in [0.29, 0.717) is 25.0 Å². The summed E-state index contributed by atoms with van der Waals surface area (Å²) in [6.07, 6.45) is 3.56. The van der Waals surface area contributed by atoms with Crippen LogP contribution in [0.3, 0.4) is 0 Å². The standard InChI is InChI=1S/C10H16O3/c1-10(6-3-4-8(10)11)7-5-9(12)13-2/h3-7H2,1-2H3. The summed E-state index contributed by atoms with van der Waals surface area (Å²) in [7, 11) is 1.38. The van der Waals surface area contributed by atoms with Gasteiger partial charge in [-0.05, 0) is 19.3 Å². The van der Waals surface area contributed by atoms with E-state index >= 15 is 0 Å². The molecular formula is C10H16O3. The second kappa shape index (κ2) is 3.90. The van der Waals surface area contributed by atoms with Gasteiger partial charge in [0.15, 0.2) is 0 Å². The van der Waals surface area contributed by atoms with Crippen LogP contribution in [0.4, 0.5) is 0 Å². The van der Waals surface area contributed by atoms with Gasteiger partial charge in [-0.3, -0.25) is 9.59 Å². The van der Waals surface area contributed by atoms with Crippen molar-refractivity contribution in [3.63, 3.8) is 0 Å². The van der Waals surface area contributed by atoms with Crippen LogP contribution < -0.4 is 0 Å². The average molecular weight is 184 g/mol. The Kier molecular flexibility index (Phi) is 3.07. The molecule has 13 heavy (non-hydrogen) atoms. The topological polar surface area (TPSA) is 43.4 Å². The van der Waals surface area contributed by atoms with Crippen LogP contribution in [0, 0.1) is 5.41 Å². The quantitative estimate of drug-likeness (QED) is 0.627. The number of ether oxygens (including phenoxy) is 1. The number of methoxy groups -OCH3 is 1. The molecule has 3 heteroatoms. The Morgan fingerprint density at radius 2 is 2.31 bits per heavy atom. The molecule has 1 aliphatic carbocycles. The molecule has 1 atom stereocenters. The number of esters is 1. The molecule has 1 fully saturated rings. The van der Waals surface area contributed by atoms with Gasteiger partial charge in [-0.2, -0.15) is 0 Å². The lowest BCUT2D eigenvalue weighted by atomic mass is 9.83. The first-order valence-electron chi connectivity index (χ1n) is 4.68. The van der Waals surface area contributed by atoms with Crippen LogP contribution in [0.1, 0.15) is 39.0 Å². The van der Waals surface area contributed by atoms with Gasteiger partial charge in [0.25, 0.3) is 0 Å². The summed E-state index contributed by atoms with van der Waals surface area (Å²) in [4.78, 5) is 22.3. The highest BCUT2D eigenvalue weighted by Gasteiger charge is 2.37. The molecule has 0 heterocycles. The lowest BCUT2D eigenvalue weighted by Gasteiger charge is -2.20. The van der Waals surface area contributed by atoms with Crippen molar-refractivity contribution in [1.29, 1.82) is 0 Å². The molecule has 0 amide bonds. The molecule has 0 aromatic heterocycles. The van der Waals surface area contributed by atoms with E-state index in [-0.39, 0.29) is 11.4 Å². The smallest absolute Gasteiger partial charge is 0.305 e. The van der Waals surface area contributed by atoms with Gasteiger partial charge < -0.3 is 4.74 Å². The zero-order valence-corrected chi connectivity index (χ0v) is 8.26. The maximum absolute atomic E-state index is 11.4. The van der Waals surface area contributed by atoms with Crippen molar-refractivity contribution in [3.8, 4) is 0 Å². The van der Waals surface area contributed by atoms with E-state index in [9.17, 15) is 9.59 Å². The molecule has 0 aromatic carbocycles. The van der Waals surface area contributed by atoms with Crippen LogP contribution in [0.5, 0.6) is 0 Å². The minimum atomic E-state index is -0.256. The summed E-state index contributed by atoms with van der Waals surface area (Å²) in [5, 5.41) is 0. The van der Waals surface area contributed by atoms with Crippen LogP contribution in [0.2, 0.25) is 0 Å². The van der Waals surface area contributed by atoms with Crippen LogP contribution in [-0.4, -0.2) is 18.9 Å². The molecule has 0 N–H and O–H groups in total. The number of Topliss-reactive ketones (excluding diaryl/α,β-unsaturated/α-hetero) is 1. The fourth-order valence-corrected chi connectivity index (χ4v) is 1.82. The third-order valence-electron chi connectivity index (χ3n) is 2.91. The molecule has 74 valence electrons. The fraction of sp³-hybridized carbons (Fsp3) is 0.800. The molecule has 1 aliphatic rings. The number of rotatable bonds is 3. The van der Waals surface area contributed by atoms with Crippen molar-refractivity contribution >= 4 is 11.8 Å². The predicted octanol–water partition coefficient (Wildman–Crippen LogP) is 1.70. The Bertz CT molecular complexity index is 222. The highest BCUT2D eigenvalue weighted by molar-refractivity contribution is 5.86. The van der Waals surface area contributed by atoms with E-state index in [1.54, 1.807) is 0 Å². The predicted molar refractivity (Wildman–Crippen MR) is 48.2 cm³/mol. The van der Waals surface area contributed by atoms with Gasteiger partial charge >= 0.3 is 5.97 Å². The lowest BCUT2D eigenvalue weighted by Crippen LogP contribution is -2.22. The summed E-state index contributed by atoms with van der Waals surface area (Å²) >= 11 is 0. The van der Waals surface area contributed by atoms with Gasteiger partial charge in [-0.15, -0.1) is 0 Å². The van der Waals surface area contributed by atoms with E-state index in [1.807, 2.05) is 6.92 Å². The van der Waals surface area contributed by atoms with Crippen LogP contribution in [-0.2, 0) is 14.3 Å². The normalized spacial score (nSPS) is 27.7. The number of carbonyl (C=O) groups is 2. The van der Waals surface area contributed by atoms with Crippen LogP contribution in [0.25, 0.3) is 0 Å². The molecule has 0 aliphatic heterocycles. The summed E-state index contributed by atoms with van der Waals surface area (Å²) in [5.74, 6) is 0.0809. The van der Waals surface area contributed by atoms with Crippen molar-refractivity contribution in [2.75, 3.05) is 7.11 Å². The van der Waals surface area contributed by atoms with Crippen molar-refractivity contribution in [3.05, 3.63) is 0 Å². The van der Waals surface area contributed by atoms with Gasteiger partial charge in [0.2, 0.25) is 0 Å². The largest absolute Gasteiger partial charge is 0.469 e. The first-order chi connectivity index (χ1) is 6.08. The molecule has 0 radical (unpaired) electrons. The lowest BCUT2D eigenvalue weighted by molar-refractivity contribution is -0.141. The van der Waals surface area contributed by atoms with Crippen LogP contribution >= 0.6 is 0 Å². The molecular weight excluding hydrogens is 168 g/mol. The molecule has 0 bridgehead atoms. The minimum absolute atomic E-state index is 0.221. The summed E-state index contributed by atoms with van der Waals surface area (Å²) < 4.78 is 4.54. The first kappa shape index (κ1) is 10.2. The Morgan fingerprint density at radius 3 is 2.77 bits per heavy atom. The Labute approximate surface area is 78.5 Å². The third kappa shape index (κ3) is 2.29. The van der Waals surface area contributed by atoms with Crippen molar-refractivity contribution < 1.29 is 14.3 Å². The average Bonchev–Trinajstić information content (AvgIpc) is 2.44. The molecule has 0 aromatic rings. The molecule has 1 saturated carbocycles. The Balaban J connectivity index is 2.43. The van der Waals surface area contributed by atoms with E-state index in [2.05, 4.69) is 4.74 Å². The second-order valence-corrected chi connectivity index (χ2v) is 3.91.